The lowest BCUT2D eigenvalue weighted by Crippen LogP contribution is -2.38. The van der Waals surface area contributed by atoms with Crippen LogP contribution in [0.2, 0.25) is 5.02 Å². The van der Waals surface area contributed by atoms with Gasteiger partial charge in [0.05, 0.1) is 0 Å². The Bertz CT molecular complexity index is 383. The number of thioether (sulfide) groups is 2. The van der Waals surface area contributed by atoms with Gasteiger partial charge >= 0.3 is 0 Å². The Balaban J connectivity index is 2.01. The molecular weight excluding hydrogens is 277 g/mol. The second-order valence-corrected chi connectivity index (χ2v) is 7.02. The van der Waals surface area contributed by atoms with Crippen LogP contribution in [0.1, 0.15) is 5.56 Å². The Morgan fingerprint density at radius 3 is 3.00 bits per heavy atom. The van der Waals surface area contributed by atoms with Crippen molar-refractivity contribution in [3.8, 4) is 0 Å². The highest BCUT2D eigenvalue weighted by molar-refractivity contribution is 8.06. The summed E-state index contributed by atoms with van der Waals surface area (Å²) < 4.78 is 13.6. The number of halogens is 2. The first-order valence-corrected chi connectivity index (χ1v) is 8.14. The standard InChI is InChI=1S/C12H15ClFNS2/c13-9-1-2-10(14)8(5-9)6-11(15)12-7-16-3-4-17-12/h1-2,5,11-12H,3-4,6-7,15H2. The van der Waals surface area contributed by atoms with Crippen LogP contribution in [-0.2, 0) is 6.42 Å². The Morgan fingerprint density at radius 1 is 1.47 bits per heavy atom. The molecule has 94 valence electrons. The summed E-state index contributed by atoms with van der Waals surface area (Å²) in [5.41, 5.74) is 6.78. The molecule has 1 aliphatic heterocycles. The van der Waals surface area contributed by atoms with Crippen molar-refractivity contribution in [3.05, 3.63) is 34.6 Å². The number of hydrogen-bond donors (Lipinski definition) is 1. The van der Waals surface area contributed by atoms with Crippen molar-refractivity contribution in [2.45, 2.75) is 17.7 Å². The van der Waals surface area contributed by atoms with Gasteiger partial charge in [-0.15, -0.1) is 0 Å². The van der Waals surface area contributed by atoms with Crippen molar-refractivity contribution in [3.63, 3.8) is 0 Å². The molecule has 0 aliphatic carbocycles. The minimum absolute atomic E-state index is 0.000710. The predicted octanol–water partition coefficient (Wildman–Crippen LogP) is 3.20. The van der Waals surface area contributed by atoms with Gasteiger partial charge < -0.3 is 5.73 Å². The molecule has 1 aliphatic rings. The van der Waals surface area contributed by atoms with E-state index in [-0.39, 0.29) is 11.9 Å². The fourth-order valence-electron chi connectivity index (χ4n) is 1.84. The zero-order chi connectivity index (χ0) is 12.3. The van der Waals surface area contributed by atoms with Crippen molar-refractivity contribution < 1.29 is 4.39 Å². The average Bonchev–Trinajstić information content (AvgIpc) is 2.35. The quantitative estimate of drug-likeness (QED) is 0.926. The van der Waals surface area contributed by atoms with Gasteiger partial charge in [-0.1, -0.05) is 11.6 Å². The lowest BCUT2D eigenvalue weighted by Gasteiger charge is -2.26. The van der Waals surface area contributed by atoms with E-state index in [9.17, 15) is 4.39 Å². The molecule has 5 heteroatoms. The fourth-order valence-corrected chi connectivity index (χ4v) is 4.86. The van der Waals surface area contributed by atoms with E-state index in [0.717, 1.165) is 11.5 Å². The lowest BCUT2D eigenvalue weighted by molar-refractivity contribution is 0.584. The first-order valence-electron chi connectivity index (χ1n) is 5.55. The van der Waals surface area contributed by atoms with Gasteiger partial charge in [-0.25, -0.2) is 4.39 Å². The summed E-state index contributed by atoms with van der Waals surface area (Å²) >= 11 is 9.70. The van der Waals surface area contributed by atoms with E-state index in [4.69, 9.17) is 17.3 Å². The summed E-state index contributed by atoms with van der Waals surface area (Å²) in [4.78, 5) is 0. The van der Waals surface area contributed by atoms with Gasteiger partial charge in [0.15, 0.2) is 0 Å². The minimum atomic E-state index is -0.210. The molecule has 0 aromatic heterocycles. The molecular formula is C12H15ClFNS2. The van der Waals surface area contributed by atoms with Crippen LogP contribution in [0.25, 0.3) is 0 Å². The van der Waals surface area contributed by atoms with E-state index in [1.165, 1.54) is 11.8 Å². The van der Waals surface area contributed by atoms with Gasteiger partial charge in [-0.3, -0.25) is 0 Å². The molecule has 0 spiro atoms. The molecule has 0 amide bonds. The van der Waals surface area contributed by atoms with E-state index >= 15 is 0 Å². The van der Waals surface area contributed by atoms with E-state index in [1.807, 2.05) is 23.5 Å². The smallest absolute Gasteiger partial charge is 0.126 e. The summed E-state index contributed by atoms with van der Waals surface area (Å²) in [6, 6.07) is 4.66. The normalized spacial score (nSPS) is 22.4. The summed E-state index contributed by atoms with van der Waals surface area (Å²) in [5, 5.41) is 0.992. The molecule has 0 saturated carbocycles. The van der Waals surface area contributed by atoms with E-state index < -0.39 is 0 Å². The van der Waals surface area contributed by atoms with Crippen molar-refractivity contribution in [2.24, 2.45) is 5.73 Å². The van der Waals surface area contributed by atoms with Crippen LogP contribution in [0.15, 0.2) is 18.2 Å². The third kappa shape index (κ3) is 3.78. The van der Waals surface area contributed by atoms with Crippen LogP contribution < -0.4 is 5.73 Å². The number of benzene rings is 1. The van der Waals surface area contributed by atoms with Gasteiger partial charge in [-0.05, 0) is 30.2 Å². The topological polar surface area (TPSA) is 26.0 Å². The molecule has 1 aromatic carbocycles. The lowest BCUT2D eigenvalue weighted by atomic mass is 10.0. The summed E-state index contributed by atoms with van der Waals surface area (Å²) in [6.45, 7) is 0. The Hall–Kier alpha value is 0.1000. The van der Waals surface area contributed by atoms with Crippen LogP contribution in [-0.4, -0.2) is 28.6 Å². The molecule has 0 bridgehead atoms. The van der Waals surface area contributed by atoms with Crippen molar-refractivity contribution in [1.29, 1.82) is 0 Å². The molecule has 1 fully saturated rings. The van der Waals surface area contributed by atoms with Gasteiger partial charge in [-0.2, -0.15) is 23.5 Å². The Kier molecular flexibility index (Phi) is 5.03. The summed E-state index contributed by atoms with van der Waals surface area (Å²) in [6.07, 6.45) is 0.560. The van der Waals surface area contributed by atoms with Crippen LogP contribution >= 0.6 is 35.1 Å². The van der Waals surface area contributed by atoms with E-state index in [1.54, 1.807) is 12.1 Å². The molecule has 1 aromatic rings. The highest BCUT2D eigenvalue weighted by Gasteiger charge is 2.22. The van der Waals surface area contributed by atoms with Gasteiger partial charge in [0.2, 0.25) is 0 Å². The van der Waals surface area contributed by atoms with Crippen LogP contribution in [0.3, 0.4) is 0 Å². The molecule has 1 heterocycles. The third-order valence-corrected chi connectivity index (χ3v) is 5.96. The van der Waals surface area contributed by atoms with E-state index in [2.05, 4.69) is 0 Å². The van der Waals surface area contributed by atoms with Gasteiger partial charge in [0.25, 0.3) is 0 Å². The summed E-state index contributed by atoms with van der Waals surface area (Å²) in [5.74, 6) is 3.19. The second kappa shape index (κ2) is 6.32. The second-order valence-electron chi connectivity index (χ2n) is 4.09. The molecule has 2 rings (SSSR count). The van der Waals surface area contributed by atoms with Crippen LogP contribution in [0, 0.1) is 5.82 Å². The molecule has 2 N–H and O–H groups in total. The molecule has 17 heavy (non-hydrogen) atoms. The highest BCUT2D eigenvalue weighted by atomic mass is 35.5. The fraction of sp³-hybridized carbons (Fsp3) is 0.500. The van der Waals surface area contributed by atoms with Crippen molar-refractivity contribution in [1.82, 2.24) is 0 Å². The maximum absolute atomic E-state index is 13.6. The van der Waals surface area contributed by atoms with Gasteiger partial charge in [0, 0.05) is 33.6 Å². The zero-order valence-electron chi connectivity index (χ0n) is 9.36. The van der Waals surface area contributed by atoms with Gasteiger partial charge in [0.1, 0.15) is 5.82 Å². The van der Waals surface area contributed by atoms with Crippen molar-refractivity contribution in [2.75, 3.05) is 17.3 Å². The zero-order valence-corrected chi connectivity index (χ0v) is 11.8. The number of nitrogens with two attached hydrogens (primary N) is 1. The monoisotopic (exact) mass is 291 g/mol. The highest BCUT2D eigenvalue weighted by Crippen LogP contribution is 2.27. The van der Waals surface area contributed by atoms with Crippen LogP contribution in [0.5, 0.6) is 0 Å². The van der Waals surface area contributed by atoms with Crippen molar-refractivity contribution >= 4 is 35.1 Å². The first kappa shape index (κ1) is 13.5. The molecule has 1 nitrogen and oxygen atoms in total. The molecule has 2 atom stereocenters. The summed E-state index contributed by atoms with van der Waals surface area (Å²) in [7, 11) is 0. The largest absolute Gasteiger partial charge is 0.326 e. The number of rotatable bonds is 3. The number of hydrogen-bond acceptors (Lipinski definition) is 3. The first-order chi connectivity index (χ1) is 8.16. The maximum atomic E-state index is 13.6. The van der Waals surface area contributed by atoms with E-state index in [0.29, 0.717) is 22.3 Å². The SMILES string of the molecule is NC(Cc1cc(Cl)ccc1F)C1CSCCS1. The minimum Gasteiger partial charge on any atom is -0.326 e. The predicted molar refractivity (Wildman–Crippen MR) is 76.7 cm³/mol. The average molecular weight is 292 g/mol. The molecule has 2 unspecified atom stereocenters. The maximum Gasteiger partial charge on any atom is 0.126 e. The molecule has 1 saturated heterocycles. The van der Waals surface area contributed by atoms with Crippen LogP contribution in [0.4, 0.5) is 4.39 Å². The Labute approximate surface area is 115 Å². The molecule has 0 radical (unpaired) electrons. The Morgan fingerprint density at radius 2 is 2.29 bits per heavy atom. The third-order valence-electron chi connectivity index (χ3n) is 2.78.